The number of hydrogen-bond donors (Lipinski definition) is 1. The number of hydrogen-bond acceptors (Lipinski definition) is 3. The van der Waals surface area contributed by atoms with E-state index < -0.39 is 5.97 Å². The Hall–Kier alpha value is -3.08. The molecule has 160 valence electrons. The molecule has 1 unspecified atom stereocenters. The smallest absolute Gasteiger partial charge is 0.335 e. The number of nitrogens with zero attached hydrogens (tertiary/aromatic N) is 2. The Morgan fingerprint density at radius 1 is 1.13 bits per heavy atom. The number of aldehydes is 1. The number of rotatable bonds is 3. The van der Waals surface area contributed by atoms with E-state index in [1.165, 1.54) is 41.6 Å². The summed E-state index contributed by atoms with van der Waals surface area (Å²) >= 11 is 0. The summed E-state index contributed by atoms with van der Waals surface area (Å²) in [6, 6.07) is 11.5. The van der Waals surface area contributed by atoms with Crippen LogP contribution in [0, 0.1) is 6.92 Å². The maximum Gasteiger partial charge on any atom is 0.335 e. The van der Waals surface area contributed by atoms with Crippen LogP contribution >= 0.6 is 0 Å². The summed E-state index contributed by atoms with van der Waals surface area (Å²) in [5, 5.41) is 10.8. The molecule has 1 aromatic heterocycles. The predicted molar refractivity (Wildman–Crippen MR) is 123 cm³/mol. The number of carbonyl (C=O) groups excluding carboxylic acids is 1. The lowest BCUT2D eigenvalue weighted by atomic mass is 9.81. The van der Waals surface area contributed by atoms with Crippen molar-refractivity contribution in [2.75, 3.05) is 11.9 Å². The van der Waals surface area contributed by atoms with E-state index in [4.69, 9.17) is 0 Å². The highest BCUT2D eigenvalue weighted by Crippen LogP contribution is 2.48. The number of anilines is 1. The van der Waals surface area contributed by atoms with Gasteiger partial charge >= 0.3 is 5.97 Å². The van der Waals surface area contributed by atoms with E-state index in [2.05, 4.69) is 28.5 Å². The molecule has 2 heterocycles. The highest BCUT2D eigenvalue weighted by atomic mass is 16.4. The van der Waals surface area contributed by atoms with Crippen LogP contribution in [-0.2, 0) is 11.3 Å². The van der Waals surface area contributed by atoms with Gasteiger partial charge in [0, 0.05) is 29.2 Å². The molecule has 0 spiro atoms. The van der Waals surface area contributed by atoms with Crippen molar-refractivity contribution in [3.05, 3.63) is 53.1 Å². The maximum atomic E-state index is 12.1. The number of aryl methyl sites for hydroxylation is 1. The first kappa shape index (κ1) is 19.9. The summed E-state index contributed by atoms with van der Waals surface area (Å²) in [5.74, 6) is -0.473. The molecule has 1 saturated carbocycles. The Balaban J connectivity index is 1.90. The zero-order valence-corrected chi connectivity index (χ0v) is 18.1. The van der Waals surface area contributed by atoms with Crippen LogP contribution in [0.4, 0.5) is 5.69 Å². The topological polar surface area (TPSA) is 62.5 Å². The van der Waals surface area contributed by atoms with Crippen LogP contribution in [0.25, 0.3) is 22.2 Å². The second kappa shape index (κ2) is 7.56. The van der Waals surface area contributed by atoms with Crippen molar-refractivity contribution in [3.63, 3.8) is 0 Å². The van der Waals surface area contributed by atoms with Gasteiger partial charge in [0.2, 0.25) is 0 Å². The molecule has 5 rings (SSSR count). The molecule has 1 aliphatic carbocycles. The van der Waals surface area contributed by atoms with Crippen LogP contribution in [0.3, 0.4) is 0 Å². The van der Waals surface area contributed by atoms with Gasteiger partial charge in [0.15, 0.2) is 0 Å². The second-order valence-electron chi connectivity index (χ2n) is 9.03. The molecular formula is C26H28N2O3. The fourth-order valence-corrected chi connectivity index (χ4v) is 5.65. The molecule has 0 amide bonds. The third-order valence-corrected chi connectivity index (χ3v) is 7.26. The molecule has 1 N–H and O–H groups in total. The van der Waals surface area contributed by atoms with Gasteiger partial charge in [-0.15, -0.1) is 0 Å². The highest BCUT2D eigenvalue weighted by molar-refractivity contribution is 6.00. The summed E-state index contributed by atoms with van der Waals surface area (Å²) < 4.78 is 2.22. The molecule has 5 nitrogen and oxygen atoms in total. The molecule has 1 atom stereocenters. The lowest BCUT2D eigenvalue weighted by Gasteiger charge is -2.26. The summed E-state index contributed by atoms with van der Waals surface area (Å²) in [5.41, 5.74) is 7.13. The van der Waals surface area contributed by atoms with Crippen molar-refractivity contribution < 1.29 is 14.7 Å². The van der Waals surface area contributed by atoms with Crippen molar-refractivity contribution in [2.45, 2.75) is 57.5 Å². The molecule has 5 heteroatoms. The van der Waals surface area contributed by atoms with Crippen LogP contribution < -0.4 is 4.90 Å². The van der Waals surface area contributed by atoms with E-state index in [1.54, 1.807) is 12.1 Å². The number of carbonyl (C=O) groups is 2. The SMILES string of the molecule is Cc1cccc2c1-c1c(C3CCCCC3)c3ccc(C(=O)O)cc3n1CC(C=O)N2C. The van der Waals surface area contributed by atoms with Gasteiger partial charge in [-0.1, -0.05) is 37.5 Å². The van der Waals surface area contributed by atoms with Crippen molar-refractivity contribution in [3.8, 4) is 11.3 Å². The van der Waals surface area contributed by atoms with Crippen LogP contribution in [-0.4, -0.2) is 35.0 Å². The van der Waals surface area contributed by atoms with E-state index in [1.807, 2.05) is 19.2 Å². The van der Waals surface area contributed by atoms with Gasteiger partial charge in [0.1, 0.15) is 12.3 Å². The normalized spacial score (nSPS) is 19.0. The number of aromatic nitrogens is 1. The zero-order chi connectivity index (χ0) is 21.7. The second-order valence-corrected chi connectivity index (χ2v) is 9.03. The van der Waals surface area contributed by atoms with E-state index in [0.717, 1.165) is 35.7 Å². The van der Waals surface area contributed by atoms with Gasteiger partial charge in [-0.2, -0.15) is 0 Å². The van der Waals surface area contributed by atoms with Crippen LogP contribution in [0.15, 0.2) is 36.4 Å². The molecule has 1 aliphatic heterocycles. The monoisotopic (exact) mass is 416 g/mol. The van der Waals surface area contributed by atoms with Gasteiger partial charge in [0.05, 0.1) is 17.8 Å². The largest absolute Gasteiger partial charge is 0.478 e. The number of likely N-dealkylation sites (N-methyl/N-ethyl adjacent to an activating group) is 1. The first-order valence-electron chi connectivity index (χ1n) is 11.2. The minimum Gasteiger partial charge on any atom is -0.478 e. The standard InChI is InChI=1S/C26H28N2O3/c1-16-7-6-10-21-23(16)25-24(17-8-4-3-5-9-17)20-12-11-18(26(30)31)13-22(20)28(25)14-19(15-29)27(21)2/h6-7,10-13,15,17,19H,3-5,8-9,14H2,1-2H3,(H,30,31). The van der Waals surface area contributed by atoms with Gasteiger partial charge in [0.25, 0.3) is 0 Å². The average molecular weight is 417 g/mol. The first-order valence-corrected chi connectivity index (χ1v) is 11.2. The van der Waals surface area contributed by atoms with E-state index in [0.29, 0.717) is 12.5 Å². The third kappa shape index (κ3) is 3.06. The molecule has 0 saturated heterocycles. The van der Waals surface area contributed by atoms with Gasteiger partial charge in [-0.3, -0.25) is 0 Å². The van der Waals surface area contributed by atoms with Crippen molar-refractivity contribution in [2.24, 2.45) is 0 Å². The molecule has 1 fully saturated rings. The molecule has 0 radical (unpaired) electrons. The van der Waals surface area contributed by atoms with Crippen molar-refractivity contribution in [1.29, 1.82) is 0 Å². The Labute approximate surface area is 182 Å². The maximum absolute atomic E-state index is 12.1. The molecule has 2 aromatic carbocycles. The lowest BCUT2D eigenvalue weighted by Crippen LogP contribution is -2.35. The van der Waals surface area contributed by atoms with Crippen molar-refractivity contribution >= 4 is 28.8 Å². The third-order valence-electron chi connectivity index (χ3n) is 7.26. The lowest BCUT2D eigenvalue weighted by molar-refractivity contribution is -0.109. The van der Waals surface area contributed by atoms with Crippen LogP contribution in [0.5, 0.6) is 0 Å². The molecule has 0 bridgehead atoms. The first-order chi connectivity index (χ1) is 15.0. The summed E-state index contributed by atoms with van der Waals surface area (Å²) in [7, 11) is 1.98. The molecule has 3 aromatic rings. The van der Waals surface area contributed by atoms with Gasteiger partial charge in [-0.05, 0) is 55.0 Å². The van der Waals surface area contributed by atoms with Gasteiger partial charge < -0.3 is 19.4 Å². The number of fused-ring (bicyclic) bond motifs is 5. The van der Waals surface area contributed by atoms with Crippen LogP contribution in [0.1, 0.15) is 59.5 Å². The summed E-state index contributed by atoms with van der Waals surface area (Å²) in [4.78, 5) is 25.9. The number of carboxylic acids is 1. The molecule has 31 heavy (non-hydrogen) atoms. The molecule has 2 aliphatic rings. The fourth-order valence-electron chi connectivity index (χ4n) is 5.65. The minimum atomic E-state index is -0.925. The quantitative estimate of drug-likeness (QED) is 0.582. The number of aromatic carboxylic acids is 1. The minimum absolute atomic E-state index is 0.285. The Kier molecular flexibility index (Phi) is 4.84. The number of carboxylic acid groups (broad SMARTS) is 1. The number of benzene rings is 2. The Bertz CT molecular complexity index is 1190. The highest BCUT2D eigenvalue weighted by Gasteiger charge is 2.33. The zero-order valence-electron chi connectivity index (χ0n) is 18.1. The Morgan fingerprint density at radius 2 is 1.90 bits per heavy atom. The van der Waals surface area contributed by atoms with Crippen molar-refractivity contribution in [1.82, 2.24) is 4.57 Å². The molecular weight excluding hydrogens is 388 g/mol. The van der Waals surface area contributed by atoms with E-state index in [-0.39, 0.29) is 11.6 Å². The van der Waals surface area contributed by atoms with E-state index >= 15 is 0 Å². The van der Waals surface area contributed by atoms with Gasteiger partial charge in [-0.25, -0.2) is 4.79 Å². The fraction of sp³-hybridized carbons (Fsp3) is 0.385. The Morgan fingerprint density at radius 3 is 2.61 bits per heavy atom. The summed E-state index contributed by atoms with van der Waals surface area (Å²) in [6.07, 6.45) is 7.04. The van der Waals surface area contributed by atoms with Crippen LogP contribution in [0.2, 0.25) is 0 Å². The predicted octanol–water partition coefficient (Wildman–Crippen LogP) is 5.38. The summed E-state index contributed by atoms with van der Waals surface area (Å²) in [6.45, 7) is 2.64. The van der Waals surface area contributed by atoms with E-state index in [9.17, 15) is 14.7 Å². The average Bonchev–Trinajstić information content (AvgIpc) is 3.03.